The number of ether oxygens (including phenoxy) is 2. The third-order valence-electron chi connectivity index (χ3n) is 8.42. The second kappa shape index (κ2) is 5.45. The predicted octanol–water partition coefficient (Wildman–Crippen LogP) is 3.24. The molecule has 2 aliphatic carbocycles. The first-order valence-corrected chi connectivity index (χ1v) is 10.6. The molecule has 2 saturated carbocycles. The molecule has 3 saturated heterocycles. The molecule has 0 radical (unpaired) electrons. The standard InChI is InChI=1S/C21H33NO3/c1-13-7-10-22(11-8-13)12-15-17-5-4-14(2)16-6-9-20(3)19(25-20)21(16,17)24-18(15)23/h13-17,19H,4-12H2,1-3H3/t14-,15+,16+,17+,19-,20-,21-/m1/s1. The van der Waals surface area contributed by atoms with Gasteiger partial charge in [-0.25, -0.2) is 0 Å². The Morgan fingerprint density at radius 2 is 1.84 bits per heavy atom. The summed E-state index contributed by atoms with van der Waals surface area (Å²) < 4.78 is 12.5. The fraction of sp³-hybridized carbons (Fsp3) is 0.952. The Hall–Kier alpha value is -0.610. The van der Waals surface area contributed by atoms with E-state index in [0.717, 1.165) is 44.8 Å². The Labute approximate surface area is 151 Å². The minimum absolute atomic E-state index is 0.0263. The number of esters is 1. The quantitative estimate of drug-likeness (QED) is 0.568. The molecule has 5 fully saturated rings. The molecule has 0 amide bonds. The lowest BCUT2D eigenvalue weighted by molar-refractivity contribution is -0.168. The Kier molecular flexibility index (Phi) is 3.61. The minimum Gasteiger partial charge on any atom is -0.455 e. The van der Waals surface area contributed by atoms with Crippen LogP contribution in [0, 0.1) is 29.6 Å². The lowest BCUT2D eigenvalue weighted by Crippen LogP contribution is -2.58. The molecule has 3 heterocycles. The normalized spacial score (nSPS) is 52.9. The van der Waals surface area contributed by atoms with Crippen LogP contribution in [0.2, 0.25) is 0 Å². The summed E-state index contributed by atoms with van der Waals surface area (Å²) in [6, 6.07) is 0. The second-order valence-electron chi connectivity index (χ2n) is 9.98. The first kappa shape index (κ1) is 16.6. The van der Waals surface area contributed by atoms with E-state index in [1.54, 1.807) is 0 Å². The monoisotopic (exact) mass is 347 g/mol. The number of carbonyl (C=O) groups excluding carboxylic acids is 1. The number of hydrogen-bond acceptors (Lipinski definition) is 4. The van der Waals surface area contributed by atoms with Gasteiger partial charge in [-0.3, -0.25) is 4.79 Å². The lowest BCUT2D eigenvalue weighted by atomic mass is 9.55. The Morgan fingerprint density at radius 3 is 2.60 bits per heavy atom. The van der Waals surface area contributed by atoms with E-state index < -0.39 is 0 Å². The maximum Gasteiger partial charge on any atom is 0.311 e. The van der Waals surface area contributed by atoms with Gasteiger partial charge >= 0.3 is 5.97 Å². The molecule has 3 aliphatic heterocycles. The van der Waals surface area contributed by atoms with Crippen molar-refractivity contribution in [2.45, 2.75) is 76.6 Å². The molecule has 0 N–H and O–H groups in total. The van der Waals surface area contributed by atoms with E-state index in [4.69, 9.17) is 9.47 Å². The summed E-state index contributed by atoms with van der Waals surface area (Å²) >= 11 is 0. The van der Waals surface area contributed by atoms with Gasteiger partial charge in [0, 0.05) is 18.4 Å². The molecule has 5 rings (SSSR count). The van der Waals surface area contributed by atoms with Crippen molar-refractivity contribution in [1.82, 2.24) is 4.90 Å². The van der Waals surface area contributed by atoms with Crippen molar-refractivity contribution >= 4 is 5.97 Å². The number of fused-ring (bicyclic) bond motifs is 1. The van der Waals surface area contributed by atoms with E-state index in [2.05, 4.69) is 25.7 Å². The fourth-order valence-electron chi connectivity index (χ4n) is 6.78. The van der Waals surface area contributed by atoms with Crippen molar-refractivity contribution in [3.8, 4) is 0 Å². The van der Waals surface area contributed by atoms with Gasteiger partial charge in [-0.15, -0.1) is 0 Å². The molecule has 0 unspecified atom stereocenters. The highest BCUT2D eigenvalue weighted by Gasteiger charge is 2.77. The number of likely N-dealkylation sites (tertiary alicyclic amines) is 1. The van der Waals surface area contributed by atoms with Crippen molar-refractivity contribution in [2.75, 3.05) is 19.6 Å². The highest BCUT2D eigenvalue weighted by Crippen LogP contribution is 2.66. The highest BCUT2D eigenvalue weighted by molar-refractivity contribution is 5.77. The van der Waals surface area contributed by atoms with Gasteiger partial charge in [0.05, 0.1) is 11.5 Å². The van der Waals surface area contributed by atoms with Gasteiger partial charge in [0.2, 0.25) is 0 Å². The molecule has 4 nitrogen and oxygen atoms in total. The highest BCUT2D eigenvalue weighted by atomic mass is 16.7. The molecule has 7 atom stereocenters. The third-order valence-corrected chi connectivity index (χ3v) is 8.42. The average molecular weight is 347 g/mol. The zero-order valence-corrected chi connectivity index (χ0v) is 16.0. The fourth-order valence-corrected chi connectivity index (χ4v) is 6.78. The van der Waals surface area contributed by atoms with E-state index in [1.165, 1.54) is 19.3 Å². The molecular weight excluding hydrogens is 314 g/mol. The van der Waals surface area contributed by atoms with Crippen LogP contribution >= 0.6 is 0 Å². The average Bonchev–Trinajstić information content (AvgIpc) is 3.20. The summed E-state index contributed by atoms with van der Waals surface area (Å²) in [6.07, 6.45) is 7.35. The van der Waals surface area contributed by atoms with E-state index in [1.807, 2.05) is 0 Å². The number of carbonyl (C=O) groups is 1. The van der Waals surface area contributed by atoms with E-state index >= 15 is 0 Å². The topological polar surface area (TPSA) is 42.1 Å². The predicted molar refractivity (Wildman–Crippen MR) is 95.0 cm³/mol. The molecule has 0 aromatic carbocycles. The largest absolute Gasteiger partial charge is 0.455 e. The number of piperidine rings is 1. The minimum atomic E-state index is -0.310. The summed E-state index contributed by atoms with van der Waals surface area (Å²) in [5, 5.41) is 0. The Bertz CT molecular complexity index is 571. The van der Waals surface area contributed by atoms with Gasteiger partial charge in [0.1, 0.15) is 11.7 Å². The van der Waals surface area contributed by atoms with Gasteiger partial charge in [-0.2, -0.15) is 0 Å². The first-order valence-electron chi connectivity index (χ1n) is 10.6. The molecule has 4 heteroatoms. The van der Waals surface area contributed by atoms with E-state index in [0.29, 0.717) is 17.8 Å². The number of hydrogen-bond donors (Lipinski definition) is 0. The van der Waals surface area contributed by atoms with Crippen molar-refractivity contribution in [2.24, 2.45) is 29.6 Å². The zero-order valence-electron chi connectivity index (χ0n) is 16.0. The summed E-state index contributed by atoms with van der Waals surface area (Å²) in [7, 11) is 0. The molecule has 25 heavy (non-hydrogen) atoms. The zero-order chi connectivity index (χ0) is 17.4. The van der Waals surface area contributed by atoms with Crippen LogP contribution in [-0.4, -0.2) is 47.8 Å². The van der Waals surface area contributed by atoms with Gasteiger partial charge in [0.25, 0.3) is 0 Å². The van der Waals surface area contributed by atoms with Gasteiger partial charge < -0.3 is 14.4 Å². The summed E-state index contributed by atoms with van der Waals surface area (Å²) in [4.78, 5) is 15.5. The van der Waals surface area contributed by atoms with Crippen LogP contribution in [0.4, 0.5) is 0 Å². The van der Waals surface area contributed by atoms with E-state index in [-0.39, 0.29) is 29.2 Å². The van der Waals surface area contributed by atoms with Crippen molar-refractivity contribution in [1.29, 1.82) is 0 Å². The van der Waals surface area contributed by atoms with Crippen LogP contribution in [-0.2, 0) is 14.3 Å². The molecule has 0 aromatic rings. The van der Waals surface area contributed by atoms with Crippen molar-refractivity contribution in [3.63, 3.8) is 0 Å². The Morgan fingerprint density at radius 1 is 1.08 bits per heavy atom. The van der Waals surface area contributed by atoms with Gasteiger partial charge in [-0.05, 0) is 70.4 Å². The molecule has 1 spiro atoms. The smallest absolute Gasteiger partial charge is 0.311 e. The van der Waals surface area contributed by atoms with E-state index in [9.17, 15) is 4.79 Å². The van der Waals surface area contributed by atoms with Crippen LogP contribution in [0.25, 0.3) is 0 Å². The van der Waals surface area contributed by atoms with Crippen LogP contribution in [0.3, 0.4) is 0 Å². The van der Waals surface area contributed by atoms with Crippen LogP contribution in [0.15, 0.2) is 0 Å². The van der Waals surface area contributed by atoms with Crippen LogP contribution in [0.1, 0.15) is 59.3 Å². The second-order valence-corrected chi connectivity index (χ2v) is 9.98. The molecule has 0 aromatic heterocycles. The van der Waals surface area contributed by atoms with Crippen LogP contribution in [0.5, 0.6) is 0 Å². The van der Waals surface area contributed by atoms with Crippen molar-refractivity contribution in [3.05, 3.63) is 0 Å². The molecule has 0 bridgehead atoms. The number of epoxide rings is 1. The van der Waals surface area contributed by atoms with Crippen molar-refractivity contribution < 1.29 is 14.3 Å². The third kappa shape index (κ3) is 2.29. The molecule has 5 aliphatic rings. The molecule has 140 valence electrons. The van der Waals surface area contributed by atoms with Gasteiger partial charge in [-0.1, -0.05) is 13.8 Å². The Balaban J connectivity index is 1.41. The maximum absolute atomic E-state index is 13.0. The van der Waals surface area contributed by atoms with Gasteiger partial charge in [0.15, 0.2) is 0 Å². The lowest BCUT2D eigenvalue weighted by Gasteiger charge is -2.50. The maximum atomic E-state index is 13.0. The molecular formula is C21H33NO3. The SMILES string of the molecule is CC1CCN(C[C@@H]2C(=O)O[C@@]34[C@@H](CC[C@@]5(C)O[C@@H]35)[C@H](C)CC[C@@H]24)CC1. The number of nitrogens with zero attached hydrogens (tertiary/aromatic N) is 1. The summed E-state index contributed by atoms with van der Waals surface area (Å²) in [5.41, 5.74) is -0.336. The number of rotatable bonds is 2. The summed E-state index contributed by atoms with van der Waals surface area (Å²) in [6.45, 7) is 10.1. The first-order chi connectivity index (χ1) is 11.9. The van der Waals surface area contributed by atoms with Crippen LogP contribution < -0.4 is 0 Å². The summed E-state index contributed by atoms with van der Waals surface area (Å²) in [5.74, 6) is 2.48.